The third-order valence-corrected chi connectivity index (χ3v) is 5.32. The summed E-state index contributed by atoms with van der Waals surface area (Å²) in [5.41, 5.74) is -0.745. The van der Waals surface area contributed by atoms with E-state index >= 15 is 0 Å². The second kappa shape index (κ2) is 7.43. The first-order chi connectivity index (χ1) is 12.5. The minimum Gasteiger partial charge on any atom is -0.352 e. The van der Waals surface area contributed by atoms with E-state index in [9.17, 15) is 18.8 Å². The van der Waals surface area contributed by atoms with Crippen LogP contribution in [0.3, 0.4) is 0 Å². The van der Waals surface area contributed by atoms with Gasteiger partial charge >= 0.3 is 6.03 Å². The molecule has 0 spiro atoms. The molecule has 26 heavy (non-hydrogen) atoms. The second-order valence-electron chi connectivity index (χ2n) is 6.99. The molecular formula is C19H24FN3O3. The Balaban J connectivity index is 1.72. The maximum Gasteiger partial charge on any atom is 0.325 e. The van der Waals surface area contributed by atoms with E-state index < -0.39 is 23.3 Å². The molecule has 1 saturated carbocycles. The zero-order valence-electron chi connectivity index (χ0n) is 14.9. The summed E-state index contributed by atoms with van der Waals surface area (Å²) in [4.78, 5) is 38.6. The van der Waals surface area contributed by atoms with Crippen LogP contribution in [0.2, 0.25) is 0 Å². The van der Waals surface area contributed by atoms with Gasteiger partial charge in [0.2, 0.25) is 5.91 Å². The molecule has 1 aromatic rings. The van der Waals surface area contributed by atoms with Gasteiger partial charge in [-0.25, -0.2) is 9.18 Å². The molecule has 0 unspecified atom stereocenters. The van der Waals surface area contributed by atoms with E-state index in [0.717, 1.165) is 30.6 Å². The van der Waals surface area contributed by atoms with E-state index in [-0.39, 0.29) is 18.5 Å². The van der Waals surface area contributed by atoms with E-state index in [1.165, 1.54) is 30.7 Å². The summed E-state index contributed by atoms with van der Waals surface area (Å²) in [5, 5.41) is 5.61. The van der Waals surface area contributed by atoms with Gasteiger partial charge in [0.25, 0.3) is 5.91 Å². The van der Waals surface area contributed by atoms with Gasteiger partial charge in [-0.15, -0.1) is 0 Å². The van der Waals surface area contributed by atoms with Crippen LogP contribution >= 0.6 is 0 Å². The molecule has 1 heterocycles. The van der Waals surface area contributed by atoms with E-state index in [1.807, 2.05) is 0 Å². The number of carbonyl (C=O) groups excluding carboxylic acids is 3. The van der Waals surface area contributed by atoms with Crippen LogP contribution in [0.15, 0.2) is 24.3 Å². The smallest absolute Gasteiger partial charge is 0.325 e. The van der Waals surface area contributed by atoms with Crippen molar-refractivity contribution in [3.63, 3.8) is 0 Å². The summed E-state index contributed by atoms with van der Waals surface area (Å²) in [7, 11) is 0. The van der Waals surface area contributed by atoms with E-state index in [2.05, 4.69) is 10.6 Å². The lowest BCUT2D eigenvalue weighted by atomic mass is 9.87. The quantitative estimate of drug-likeness (QED) is 0.791. The number of hydrogen-bond donors (Lipinski definition) is 2. The van der Waals surface area contributed by atoms with Crippen molar-refractivity contribution in [3.05, 3.63) is 35.6 Å². The maximum atomic E-state index is 13.2. The normalized spacial score (nSPS) is 23.8. The summed E-state index contributed by atoms with van der Waals surface area (Å²) >= 11 is 0. The summed E-state index contributed by atoms with van der Waals surface area (Å²) in [6.07, 6.45) is 5.51. The average molecular weight is 361 g/mol. The molecule has 1 aliphatic heterocycles. The standard InChI is InChI=1S/C19H24FN3O3/c1-2-19(13-8-10-14(20)11-9-13)17(25)23(18(26)22-19)12-16(24)21-15-6-4-3-5-7-15/h8-11,15H,2-7,12H2,1H3,(H,21,24)(H,22,26)/t19-/m0/s1. The van der Waals surface area contributed by atoms with Crippen molar-refractivity contribution < 1.29 is 18.8 Å². The van der Waals surface area contributed by atoms with Gasteiger partial charge in [-0.2, -0.15) is 0 Å². The summed E-state index contributed by atoms with van der Waals surface area (Å²) in [6.45, 7) is 1.47. The van der Waals surface area contributed by atoms with Crippen molar-refractivity contribution in [1.29, 1.82) is 0 Å². The van der Waals surface area contributed by atoms with Crippen LogP contribution in [0, 0.1) is 5.82 Å². The Morgan fingerprint density at radius 2 is 1.88 bits per heavy atom. The first-order valence-corrected chi connectivity index (χ1v) is 9.16. The molecule has 2 N–H and O–H groups in total. The fraction of sp³-hybridized carbons (Fsp3) is 0.526. The van der Waals surface area contributed by atoms with Gasteiger partial charge in [0, 0.05) is 6.04 Å². The van der Waals surface area contributed by atoms with Gasteiger partial charge in [0.1, 0.15) is 17.9 Å². The molecule has 2 aliphatic rings. The van der Waals surface area contributed by atoms with Crippen molar-refractivity contribution in [2.75, 3.05) is 6.54 Å². The predicted molar refractivity (Wildman–Crippen MR) is 93.6 cm³/mol. The molecule has 1 aromatic carbocycles. The van der Waals surface area contributed by atoms with Gasteiger partial charge in [0.15, 0.2) is 0 Å². The number of urea groups is 1. The SMILES string of the molecule is CC[C@@]1(c2ccc(F)cc2)NC(=O)N(CC(=O)NC2CCCCC2)C1=O. The largest absolute Gasteiger partial charge is 0.352 e. The minimum absolute atomic E-state index is 0.116. The van der Waals surface area contributed by atoms with Gasteiger partial charge in [-0.1, -0.05) is 38.3 Å². The highest BCUT2D eigenvalue weighted by molar-refractivity contribution is 6.09. The van der Waals surface area contributed by atoms with Crippen LogP contribution in [-0.2, 0) is 15.1 Å². The van der Waals surface area contributed by atoms with Crippen LogP contribution in [0.5, 0.6) is 0 Å². The number of rotatable bonds is 5. The molecule has 0 bridgehead atoms. The molecule has 1 atom stereocenters. The number of halogens is 1. The van der Waals surface area contributed by atoms with Gasteiger partial charge < -0.3 is 10.6 Å². The number of amides is 4. The fourth-order valence-electron chi connectivity index (χ4n) is 3.81. The lowest BCUT2D eigenvalue weighted by Crippen LogP contribution is -2.46. The minimum atomic E-state index is -1.25. The molecule has 140 valence electrons. The number of carbonyl (C=O) groups is 3. The monoisotopic (exact) mass is 361 g/mol. The van der Waals surface area contributed by atoms with Crippen LogP contribution in [0.25, 0.3) is 0 Å². The predicted octanol–water partition coefficient (Wildman–Crippen LogP) is 2.43. The van der Waals surface area contributed by atoms with Crippen molar-refractivity contribution in [2.45, 2.75) is 57.0 Å². The Bertz CT molecular complexity index is 700. The zero-order valence-corrected chi connectivity index (χ0v) is 14.9. The van der Waals surface area contributed by atoms with Crippen molar-refractivity contribution in [3.8, 4) is 0 Å². The number of nitrogens with zero attached hydrogens (tertiary/aromatic N) is 1. The molecule has 4 amide bonds. The third-order valence-electron chi connectivity index (χ3n) is 5.32. The third kappa shape index (κ3) is 3.43. The Kier molecular flexibility index (Phi) is 5.25. The second-order valence-corrected chi connectivity index (χ2v) is 6.99. The van der Waals surface area contributed by atoms with Crippen LogP contribution in [-0.4, -0.2) is 35.3 Å². The Morgan fingerprint density at radius 1 is 1.23 bits per heavy atom. The summed E-state index contributed by atoms with van der Waals surface area (Å²) in [6, 6.07) is 5.01. The molecule has 0 aromatic heterocycles. The highest BCUT2D eigenvalue weighted by atomic mass is 19.1. The van der Waals surface area contributed by atoms with Gasteiger partial charge in [-0.05, 0) is 37.0 Å². The number of hydrogen-bond acceptors (Lipinski definition) is 3. The average Bonchev–Trinajstić information content (AvgIpc) is 2.88. The number of nitrogens with one attached hydrogen (secondary N) is 2. The molecule has 1 saturated heterocycles. The van der Waals surface area contributed by atoms with Crippen molar-refractivity contribution in [2.24, 2.45) is 0 Å². The van der Waals surface area contributed by atoms with Gasteiger partial charge in [0.05, 0.1) is 0 Å². The van der Waals surface area contributed by atoms with Crippen LogP contribution in [0.4, 0.5) is 9.18 Å². The highest BCUT2D eigenvalue weighted by Crippen LogP contribution is 2.32. The molecule has 0 radical (unpaired) electrons. The maximum absolute atomic E-state index is 13.2. The van der Waals surface area contributed by atoms with Crippen LogP contribution in [0.1, 0.15) is 51.0 Å². The molecule has 7 heteroatoms. The van der Waals surface area contributed by atoms with Gasteiger partial charge in [-0.3, -0.25) is 14.5 Å². The summed E-state index contributed by atoms with van der Waals surface area (Å²) < 4.78 is 13.2. The van der Waals surface area contributed by atoms with E-state index in [1.54, 1.807) is 6.92 Å². The van der Waals surface area contributed by atoms with E-state index in [4.69, 9.17) is 0 Å². The zero-order chi connectivity index (χ0) is 18.7. The first kappa shape index (κ1) is 18.4. The lowest BCUT2D eigenvalue weighted by molar-refractivity contribution is -0.135. The number of imide groups is 1. The Labute approximate surface area is 152 Å². The molecule has 6 nitrogen and oxygen atoms in total. The summed E-state index contributed by atoms with van der Waals surface area (Å²) in [5.74, 6) is -1.22. The fourth-order valence-corrected chi connectivity index (χ4v) is 3.81. The van der Waals surface area contributed by atoms with Crippen molar-refractivity contribution >= 4 is 17.8 Å². The molecule has 2 fully saturated rings. The molecular weight excluding hydrogens is 337 g/mol. The molecule has 3 rings (SSSR count). The Hall–Kier alpha value is -2.44. The lowest BCUT2D eigenvalue weighted by Gasteiger charge is -2.26. The Morgan fingerprint density at radius 3 is 2.50 bits per heavy atom. The number of benzene rings is 1. The van der Waals surface area contributed by atoms with Crippen LogP contribution < -0.4 is 10.6 Å². The van der Waals surface area contributed by atoms with E-state index in [0.29, 0.717) is 12.0 Å². The molecule has 1 aliphatic carbocycles. The topological polar surface area (TPSA) is 78.5 Å². The van der Waals surface area contributed by atoms with Crippen molar-refractivity contribution in [1.82, 2.24) is 15.5 Å². The highest BCUT2D eigenvalue weighted by Gasteiger charge is 2.51. The first-order valence-electron chi connectivity index (χ1n) is 9.16.